The van der Waals surface area contributed by atoms with Crippen molar-refractivity contribution in [2.45, 2.75) is 19.4 Å². The van der Waals surface area contributed by atoms with Crippen molar-refractivity contribution in [3.05, 3.63) is 34.3 Å². The highest BCUT2D eigenvalue weighted by atomic mass is 79.9. The molecule has 0 saturated carbocycles. The Balaban J connectivity index is 2.74. The Morgan fingerprint density at radius 3 is 2.85 bits per heavy atom. The fourth-order valence-corrected chi connectivity index (χ4v) is 1.56. The van der Waals surface area contributed by atoms with E-state index in [1.807, 2.05) is 31.2 Å². The summed E-state index contributed by atoms with van der Waals surface area (Å²) >= 11 is 3.44. The molecular weight excluding hydrogens is 230 g/mol. The van der Waals surface area contributed by atoms with Gasteiger partial charge in [0.25, 0.3) is 0 Å². The number of nitrogens with zero attached hydrogens (tertiary/aromatic N) is 1. The van der Waals surface area contributed by atoms with Crippen LogP contribution in [0.3, 0.4) is 0 Å². The highest BCUT2D eigenvalue weighted by Gasteiger charge is 2.03. The number of aliphatic imine (C=N–C) groups is 1. The Kier molecular flexibility index (Phi) is 3.87. The third-order valence-corrected chi connectivity index (χ3v) is 2.52. The lowest BCUT2D eigenvalue weighted by molar-refractivity contribution is 0.558. The second-order valence-electron chi connectivity index (χ2n) is 2.86. The molecule has 0 N–H and O–H groups in total. The highest BCUT2D eigenvalue weighted by molar-refractivity contribution is 9.10. The minimum absolute atomic E-state index is 0.00352. The van der Waals surface area contributed by atoms with E-state index in [4.69, 9.17) is 0 Å². The number of hydrogen-bond acceptors (Lipinski definition) is 2. The zero-order valence-corrected chi connectivity index (χ0v) is 8.91. The van der Waals surface area contributed by atoms with Gasteiger partial charge in [-0.3, -0.25) is 0 Å². The molecule has 0 heterocycles. The van der Waals surface area contributed by atoms with Crippen molar-refractivity contribution in [3.8, 4) is 0 Å². The largest absolute Gasteiger partial charge is 0.235 e. The third-order valence-electron chi connectivity index (χ3n) is 1.75. The topological polar surface area (TPSA) is 29.4 Å². The van der Waals surface area contributed by atoms with Gasteiger partial charge in [-0.2, -0.15) is 0 Å². The van der Waals surface area contributed by atoms with E-state index in [0.717, 1.165) is 16.5 Å². The number of hydrogen-bond donors (Lipinski definition) is 0. The van der Waals surface area contributed by atoms with E-state index in [2.05, 4.69) is 20.9 Å². The van der Waals surface area contributed by atoms with Crippen LogP contribution in [-0.2, 0) is 11.2 Å². The molecule has 1 rings (SSSR count). The van der Waals surface area contributed by atoms with Crippen molar-refractivity contribution in [1.82, 2.24) is 0 Å². The minimum Gasteiger partial charge on any atom is -0.211 e. The average molecular weight is 240 g/mol. The smallest absolute Gasteiger partial charge is 0.211 e. The van der Waals surface area contributed by atoms with Crippen LogP contribution in [0.1, 0.15) is 12.5 Å². The molecule has 68 valence electrons. The Morgan fingerprint density at radius 2 is 2.23 bits per heavy atom. The van der Waals surface area contributed by atoms with Crippen LogP contribution in [0.5, 0.6) is 0 Å². The van der Waals surface area contributed by atoms with Gasteiger partial charge in [0.15, 0.2) is 0 Å². The first-order valence-electron chi connectivity index (χ1n) is 4.04. The number of benzene rings is 1. The van der Waals surface area contributed by atoms with E-state index in [0.29, 0.717) is 0 Å². The van der Waals surface area contributed by atoms with E-state index in [9.17, 15) is 4.79 Å². The summed E-state index contributed by atoms with van der Waals surface area (Å²) in [5.74, 6) is 0. The van der Waals surface area contributed by atoms with Crippen LogP contribution in [0.15, 0.2) is 33.7 Å². The lowest BCUT2D eigenvalue weighted by Gasteiger charge is -2.05. The summed E-state index contributed by atoms with van der Waals surface area (Å²) in [5, 5.41) is 0. The van der Waals surface area contributed by atoms with E-state index < -0.39 is 0 Å². The van der Waals surface area contributed by atoms with Gasteiger partial charge >= 0.3 is 0 Å². The van der Waals surface area contributed by atoms with E-state index >= 15 is 0 Å². The molecular formula is C10H10BrNO. The molecule has 0 spiro atoms. The van der Waals surface area contributed by atoms with Crippen LogP contribution in [0.2, 0.25) is 0 Å². The number of carbonyl (C=O) groups excluding carboxylic acids is 1. The molecule has 0 amide bonds. The Morgan fingerprint density at radius 1 is 1.54 bits per heavy atom. The molecule has 0 unspecified atom stereocenters. The van der Waals surface area contributed by atoms with Crippen molar-refractivity contribution in [2.24, 2.45) is 4.99 Å². The molecule has 0 saturated heterocycles. The molecule has 3 heteroatoms. The Hall–Kier alpha value is -0.920. The maximum Gasteiger partial charge on any atom is 0.235 e. The molecule has 0 aromatic heterocycles. The first-order valence-corrected chi connectivity index (χ1v) is 4.83. The van der Waals surface area contributed by atoms with Crippen LogP contribution < -0.4 is 0 Å². The van der Waals surface area contributed by atoms with Crippen LogP contribution >= 0.6 is 15.9 Å². The number of rotatable bonds is 3. The normalized spacial score (nSPS) is 11.8. The Bertz CT molecular complexity index is 331. The van der Waals surface area contributed by atoms with Crippen LogP contribution in [0.4, 0.5) is 0 Å². The van der Waals surface area contributed by atoms with Gasteiger partial charge in [-0.15, -0.1) is 0 Å². The quantitative estimate of drug-likeness (QED) is 0.590. The molecule has 0 aliphatic carbocycles. The zero-order valence-electron chi connectivity index (χ0n) is 7.33. The average Bonchev–Trinajstić information content (AvgIpc) is 2.09. The van der Waals surface area contributed by atoms with Crippen molar-refractivity contribution < 1.29 is 4.79 Å². The molecule has 1 atom stereocenters. The molecule has 0 fully saturated rings. The summed E-state index contributed by atoms with van der Waals surface area (Å²) in [7, 11) is 0. The van der Waals surface area contributed by atoms with Crippen LogP contribution in [-0.4, -0.2) is 12.1 Å². The van der Waals surface area contributed by atoms with Gasteiger partial charge in [0.1, 0.15) is 0 Å². The lowest BCUT2D eigenvalue weighted by Crippen LogP contribution is -2.02. The van der Waals surface area contributed by atoms with Crippen LogP contribution in [0.25, 0.3) is 0 Å². The molecule has 1 aromatic carbocycles. The summed E-state index contributed by atoms with van der Waals surface area (Å²) in [6, 6.07) is 7.92. The molecule has 2 nitrogen and oxygen atoms in total. The minimum atomic E-state index is -0.00352. The summed E-state index contributed by atoms with van der Waals surface area (Å²) < 4.78 is 1.06. The second-order valence-corrected chi connectivity index (χ2v) is 3.72. The summed E-state index contributed by atoms with van der Waals surface area (Å²) in [6.07, 6.45) is 2.33. The Labute approximate surface area is 85.8 Å². The second kappa shape index (κ2) is 4.95. The maximum atomic E-state index is 9.99. The molecule has 1 aromatic rings. The number of isocyanates is 1. The maximum absolute atomic E-state index is 9.99. The van der Waals surface area contributed by atoms with Crippen LogP contribution in [0, 0.1) is 0 Å². The molecule has 0 radical (unpaired) electrons. The fraction of sp³-hybridized carbons (Fsp3) is 0.300. The van der Waals surface area contributed by atoms with Crippen molar-refractivity contribution >= 4 is 22.0 Å². The molecule has 0 bridgehead atoms. The van der Waals surface area contributed by atoms with Crippen molar-refractivity contribution in [3.63, 3.8) is 0 Å². The number of halogens is 1. The van der Waals surface area contributed by atoms with E-state index in [1.54, 1.807) is 6.08 Å². The summed E-state index contributed by atoms with van der Waals surface area (Å²) in [6.45, 7) is 1.89. The van der Waals surface area contributed by atoms with Gasteiger partial charge in [-0.05, 0) is 25.0 Å². The molecule has 13 heavy (non-hydrogen) atoms. The predicted molar refractivity (Wildman–Crippen MR) is 55.4 cm³/mol. The molecule has 0 aliphatic heterocycles. The van der Waals surface area contributed by atoms with Gasteiger partial charge in [0.2, 0.25) is 6.08 Å². The molecule has 0 aliphatic rings. The summed E-state index contributed by atoms with van der Waals surface area (Å²) in [4.78, 5) is 13.6. The van der Waals surface area contributed by atoms with E-state index in [-0.39, 0.29) is 6.04 Å². The highest BCUT2D eigenvalue weighted by Crippen LogP contribution is 2.17. The lowest BCUT2D eigenvalue weighted by atomic mass is 10.1. The predicted octanol–water partition coefficient (Wildman–Crippen LogP) is 2.72. The van der Waals surface area contributed by atoms with Crippen molar-refractivity contribution in [1.29, 1.82) is 0 Å². The van der Waals surface area contributed by atoms with Crippen molar-refractivity contribution in [2.75, 3.05) is 0 Å². The zero-order chi connectivity index (χ0) is 9.68. The first kappa shape index (κ1) is 10.2. The first-order chi connectivity index (χ1) is 6.24. The van der Waals surface area contributed by atoms with Gasteiger partial charge in [-0.25, -0.2) is 9.79 Å². The standard InChI is InChI=1S/C10H10BrNO/c1-8(12-7-13)6-9-4-2-3-5-10(9)11/h2-5,8H,6H2,1H3/t8-/m0/s1. The van der Waals surface area contributed by atoms with Gasteiger partial charge in [-0.1, -0.05) is 34.1 Å². The van der Waals surface area contributed by atoms with Gasteiger partial charge in [0, 0.05) is 4.47 Å². The van der Waals surface area contributed by atoms with E-state index in [1.165, 1.54) is 0 Å². The van der Waals surface area contributed by atoms with Gasteiger partial charge in [0.05, 0.1) is 6.04 Å². The van der Waals surface area contributed by atoms with Gasteiger partial charge < -0.3 is 0 Å². The monoisotopic (exact) mass is 239 g/mol. The summed E-state index contributed by atoms with van der Waals surface area (Å²) in [5.41, 5.74) is 1.16. The third kappa shape index (κ3) is 3.13. The fourth-order valence-electron chi connectivity index (χ4n) is 1.12. The SMILES string of the molecule is C[C@@H](Cc1ccccc1Br)N=C=O.